The number of H-pyrrole nitrogens is 1. The summed E-state index contributed by atoms with van der Waals surface area (Å²) in [4.78, 5) is 20.0. The van der Waals surface area contributed by atoms with E-state index in [0.29, 0.717) is 13.0 Å². The largest absolute Gasteiger partial charge is 0.355 e. The summed E-state index contributed by atoms with van der Waals surface area (Å²) < 4.78 is 26.5. The minimum atomic E-state index is -3.32. The Kier molecular flexibility index (Phi) is 6.40. The summed E-state index contributed by atoms with van der Waals surface area (Å²) in [5.74, 6) is 0.565. The van der Waals surface area contributed by atoms with Gasteiger partial charge >= 0.3 is 0 Å². The third-order valence-electron chi connectivity index (χ3n) is 5.34. The lowest BCUT2D eigenvalue weighted by molar-refractivity contribution is -0.120. The summed E-state index contributed by atoms with van der Waals surface area (Å²) in [7, 11) is -3.32. The van der Waals surface area contributed by atoms with Gasteiger partial charge in [0.2, 0.25) is 15.9 Å². The standard InChI is InChI=1S/C20H30N4O3S/c1-14-12-15(2)20-17(13-14)22-18(23-20)7-8-19(25)21-9-11-28(26,27)24-10-5-4-6-16(24)3/h12-13,16H,4-11H2,1-3H3,(H,21,25)(H,22,23)/t16-/m0/s1. The van der Waals surface area contributed by atoms with Crippen LogP contribution in [0.5, 0.6) is 0 Å². The summed E-state index contributed by atoms with van der Waals surface area (Å²) >= 11 is 0. The monoisotopic (exact) mass is 406 g/mol. The number of fused-ring (bicyclic) bond motifs is 1. The molecule has 0 bridgehead atoms. The molecular weight excluding hydrogens is 376 g/mol. The smallest absolute Gasteiger partial charge is 0.220 e. The summed E-state index contributed by atoms with van der Waals surface area (Å²) in [6.45, 7) is 6.74. The fourth-order valence-corrected chi connectivity index (χ4v) is 5.54. The number of aryl methyl sites for hydroxylation is 3. The van der Waals surface area contributed by atoms with Gasteiger partial charge in [0.15, 0.2) is 0 Å². The van der Waals surface area contributed by atoms with E-state index < -0.39 is 10.0 Å². The average Bonchev–Trinajstić information content (AvgIpc) is 3.03. The van der Waals surface area contributed by atoms with E-state index in [4.69, 9.17) is 0 Å². The van der Waals surface area contributed by atoms with E-state index in [-0.39, 0.29) is 30.7 Å². The number of carbonyl (C=O) groups is 1. The number of sulfonamides is 1. The zero-order valence-corrected chi connectivity index (χ0v) is 17.7. The number of nitrogens with zero attached hydrogens (tertiary/aromatic N) is 2. The van der Waals surface area contributed by atoms with Crippen LogP contribution in [0.25, 0.3) is 11.0 Å². The van der Waals surface area contributed by atoms with Crippen LogP contribution >= 0.6 is 0 Å². The van der Waals surface area contributed by atoms with Gasteiger partial charge in [-0.25, -0.2) is 13.4 Å². The quantitative estimate of drug-likeness (QED) is 0.738. The highest BCUT2D eigenvalue weighted by molar-refractivity contribution is 7.89. The van der Waals surface area contributed by atoms with Gasteiger partial charge in [0, 0.05) is 32.0 Å². The number of nitrogens with one attached hydrogen (secondary N) is 2. The normalized spacial score (nSPS) is 18.5. The predicted molar refractivity (Wildman–Crippen MR) is 111 cm³/mol. The van der Waals surface area contributed by atoms with Gasteiger partial charge in [-0.05, 0) is 50.8 Å². The molecule has 0 unspecified atom stereocenters. The van der Waals surface area contributed by atoms with Crippen molar-refractivity contribution in [3.05, 3.63) is 29.1 Å². The SMILES string of the molecule is Cc1cc(C)c2nc(CCC(=O)NCCS(=O)(=O)N3CCCC[C@@H]3C)[nH]c2c1. The number of aromatic nitrogens is 2. The molecule has 154 valence electrons. The van der Waals surface area contributed by atoms with Crippen molar-refractivity contribution in [2.75, 3.05) is 18.8 Å². The maximum absolute atomic E-state index is 12.5. The van der Waals surface area contributed by atoms with E-state index in [9.17, 15) is 13.2 Å². The Labute approximate surface area is 167 Å². The molecule has 1 atom stereocenters. The van der Waals surface area contributed by atoms with Crippen LogP contribution < -0.4 is 5.32 Å². The number of benzene rings is 1. The second kappa shape index (κ2) is 8.61. The molecular formula is C20H30N4O3S. The summed E-state index contributed by atoms with van der Waals surface area (Å²) in [5, 5.41) is 2.73. The Morgan fingerprint density at radius 2 is 2.11 bits per heavy atom. The van der Waals surface area contributed by atoms with Crippen LogP contribution in [0.3, 0.4) is 0 Å². The molecule has 1 amide bonds. The molecule has 2 N–H and O–H groups in total. The number of amides is 1. The van der Waals surface area contributed by atoms with E-state index in [0.717, 1.165) is 41.7 Å². The first-order valence-electron chi connectivity index (χ1n) is 9.98. The molecule has 1 saturated heterocycles. The number of hydrogen-bond donors (Lipinski definition) is 2. The molecule has 1 aromatic heterocycles. The molecule has 8 heteroatoms. The summed E-state index contributed by atoms with van der Waals surface area (Å²) in [6.07, 6.45) is 3.66. The lowest BCUT2D eigenvalue weighted by Crippen LogP contribution is -2.45. The number of rotatable bonds is 7. The molecule has 0 saturated carbocycles. The highest BCUT2D eigenvalue weighted by Gasteiger charge is 2.29. The molecule has 28 heavy (non-hydrogen) atoms. The maximum Gasteiger partial charge on any atom is 0.220 e. The molecule has 0 radical (unpaired) electrons. The van der Waals surface area contributed by atoms with Crippen LogP contribution in [-0.4, -0.2) is 53.5 Å². The van der Waals surface area contributed by atoms with Crippen LogP contribution in [0.15, 0.2) is 12.1 Å². The molecule has 1 aromatic carbocycles. The Balaban J connectivity index is 1.48. The molecule has 2 heterocycles. The molecule has 0 spiro atoms. The first-order valence-corrected chi connectivity index (χ1v) is 11.6. The Morgan fingerprint density at radius 3 is 2.86 bits per heavy atom. The second-order valence-electron chi connectivity index (χ2n) is 7.78. The van der Waals surface area contributed by atoms with Gasteiger partial charge in [0.25, 0.3) is 0 Å². The molecule has 1 fully saturated rings. The lowest BCUT2D eigenvalue weighted by Gasteiger charge is -2.32. The highest BCUT2D eigenvalue weighted by Crippen LogP contribution is 2.20. The zero-order valence-electron chi connectivity index (χ0n) is 16.9. The molecule has 0 aliphatic carbocycles. The topological polar surface area (TPSA) is 95.2 Å². The maximum atomic E-state index is 12.5. The fourth-order valence-electron chi connectivity index (χ4n) is 3.88. The van der Waals surface area contributed by atoms with Gasteiger partial charge < -0.3 is 10.3 Å². The number of aromatic amines is 1. The Bertz CT molecular complexity index is 952. The van der Waals surface area contributed by atoms with Crippen molar-refractivity contribution >= 4 is 27.0 Å². The Morgan fingerprint density at radius 1 is 1.32 bits per heavy atom. The van der Waals surface area contributed by atoms with Gasteiger partial charge in [-0.15, -0.1) is 0 Å². The molecule has 1 aliphatic heterocycles. The third-order valence-corrected chi connectivity index (χ3v) is 7.32. The van der Waals surface area contributed by atoms with Crippen LogP contribution in [0.2, 0.25) is 0 Å². The summed E-state index contributed by atoms with van der Waals surface area (Å²) in [5.41, 5.74) is 4.19. The number of piperidine rings is 1. The van der Waals surface area contributed by atoms with Crippen LogP contribution in [0, 0.1) is 13.8 Å². The second-order valence-corrected chi connectivity index (χ2v) is 9.82. The lowest BCUT2D eigenvalue weighted by atomic mass is 10.1. The Hall–Kier alpha value is -1.93. The van der Waals surface area contributed by atoms with E-state index in [1.54, 1.807) is 4.31 Å². The van der Waals surface area contributed by atoms with Crippen molar-refractivity contribution in [3.8, 4) is 0 Å². The number of carbonyl (C=O) groups excluding carboxylic acids is 1. The van der Waals surface area contributed by atoms with E-state index >= 15 is 0 Å². The van der Waals surface area contributed by atoms with Gasteiger partial charge in [0.05, 0.1) is 16.8 Å². The van der Waals surface area contributed by atoms with Crippen molar-refractivity contribution in [1.82, 2.24) is 19.6 Å². The van der Waals surface area contributed by atoms with E-state index in [2.05, 4.69) is 21.4 Å². The molecule has 7 nitrogen and oxygen atoms in total. The van der Waals surface area contributed by atoms with Crippen molar-refractivity contribution in [1.29, 1.82) is 0 Å². The van der Waals surface area contributed by atoms with Gasteiger partial charge in [0.1, 0.15) is 5.82 Å². The number of hydrogen-bond acceptors (Lipinski definition) is 4. The van der Waals surface area contributed by atoms with Crippen molar-refractivity contribution in [2.45, 2.75) is 58.9 Å². The van der Waals surface area contributed by atoms with Crippen LogP contribution in [0.1, 0.15) is 49.6 Å². The van der Waals surface area contributed by atoms with Crippen molar-refractivity contribution in [2.24, 2.45) is 0 Å². The van der Waals surface area contributed by atoms with Crippen molar-refractivity contribution < 1.29 is 13.2 Å². The minimum absolute atomic E-state index is 0.0494. The molecule has 1 aliphatic rings. The molecule has 2 aromatic rings. The first-order chi connectivity index (χ1) is 13.3. The van der Waals surface area contributed by atoms with Crippen molar-refractivity contribution in [3.63, 3.8) is 0 Å². The summed E-state index contributed by atoms with van der Waals surface area (Å²) in [6, 6.07) is 4.18. The first kappa shape index (κ1) is 20.8. The van der Waals surface area contributed by atoms with Gasteiger partial charge in [-0.1, -0.05) is 12.5 Å². The van der Waals surface area contributed by atoms with Gasteiger partial charge in [-0.2, -0.15) is 4.31 Å². The zero-order chi connectivity index (χ0) is 20.3. The third kappa shape index (κ3) is 4.91. The minimum Gasteiger partial charge on any atom is -0.355 e. The highest BCUT2D eigenvalue weighted by atomic mass is 32.2. The number of imidazole rings is 1. The molecule has 3 rings (SSSR count). The fraction of sp³-hybridized carbons (Fsp3) is 0.600. The average molecular weight is 407 g/mol. The predicted octanol–water partition coefficient (Wildman–Crippen LogP) is 2.43. The van der Waals surface area contributed by atoms with Crippen LogP contribution in [0.4, 0.5) is 0 Å². The van der Waals surface area contributed by atoms with E-state index in [1.807, 2.05) is 26.8 Å². The van der Waals surface area contributed by atoms with Crippen LogP contribution in [-0.2, 0) is 21.2 Å². The van der Waals surface area contributed by atoms with E-state index in [1.165, 1.54) is 5.56 Å². The van der Waals surface area contributed by atoms with Gasteiger partial charge in [-0.3, -0.25) is 4.79 Å².